The highest BCUT2D eigenvalue weighted by molar-refractivity contribution is 7.80. The Balaban J connectivity index is 2.20. The molecule has 1 heterocycles. The van der Waals surface area contributed by atoms with Gasteiger partial charge in [0, 0.05) is 30.5 Å². The van der Waals surface area contributed by atoms with Gasteiger partial charge in [-0.2, -0.15) is 12.6 Å². The summed E-state index contributed by atoms with van der Waals surface area (Å²) in [5.74, 6) is -3.40. The molecule has 5 unspecified atom stereocenters. The molecule has 0 aliphatic carbocycles. The summed E-state index contributed by atoms with van der Waals surface area (Å²) in [5.41, 5.74) is 7.52. The molecule has 5 atom stereocenters. The van der Waals surface area contributed by atoms with Crippen molar-refractivity contribution in [2.45, 2.75) is 57.3 Å². The van der Waals surface area contributed by atoms with Crippen molar-refractivity contribution < 1.29 is 24.3 Å². The third-order valence-electron chi connectivity index (χ3n) is 5.84. The van der Waals surface area contributed by atoms with Crippen molar-refractivity contribution >= 4 is 36.3 Å². The van der Waals surface area contributed by atoms with Crippen molar-refractivity contribution in [2.24, 2.45) is 11.7 Å². The summed E-state index contributed by atoms with van der Waals surface area (Å²) in [5, 5.41) is 17.1. The minimum Gasteiger partial charge on any atom is -0.480 e. The van der Waals surface area contributed by atoms with Crippen molar-refractivity contribution in [3.05, 3.63) is 54.1 Å². The first-order valence-corrected chi connectivity index (χ1v) is 12.3. The Bertz CT molecular complexity index is 1000. The fourth-order valence-corrected chi connectivity index (χ4v) is 3.71. The Labute approximate surface area is 215 Å². The highest BCUT2D eigenvalue weighted by Gasteiger charge is 2.32. The van der Waals surface area contributed by atoms with Crippen LogP contribution in [0.25, 0.3) is 0 Å². The van der Waals surface area contributed by atoms with E-state index >= 15 is 0 Å². The maximum absolute atomic E-state index is 13.4. The fourth-order valence-electron chi connectivity index (χ4n) is 3.47. The molecule has 2 aromatic rings. The fraction of sp³-hybridized carbons (Fsp3) is 0.458. The van der Waals surface area contributed by atoms with Crippen LogP contribution < -0.4 is 21.7 Å². The molecule has 0 bridgehead atoms. The van der Waals surface area contributed by atoms with Gasteiger partial charge in [0.2, 0.25) is 17.7 Å². The Morgan fingerprint density at radius 2 is 1.69 bits per heavy atom. The van der Waals surface area contributed by atoms with Gasteiger partial charge in [-0.1, -0.05) is 50.6 Å². The topological polar surface area (TPSA) is 179 Å². The molecule has 0 saturated heterocycles. The molecule has 0 aliphatic heterocycles. The lowest BCUT2D eigenvalue weighted by molar-refractivity contribution is -0.142. The molecule has 0 fully saturated rings. The molecule has 0 radical (unpaired) electrons. The van der Waals surface area contributed by atoms with Crippen molar-refractivity contribution in [1.82, 2.24) is 25.9 Å². The average Bonchev–Trinajstić information content (AvgIpc) is 3.37. The number of amides is 3. The molecule has 12 heteroatoms. The molecule has 196 valence electrons. The first-order chi connectivity index (χ1) is 17.2. The zero-order valence-electron chi connectivity index (χ0n) is 20.3. The minimum atomic E-state index is -1.23. The number of benzene rings is 1. The van der Waals surface area contributed by atoms with Gasteiger partial charge in [0.1, 0.15) is 18.1 Å². The number of nitrogens with two attached hydrogens (primary N) is 1. The molecule has 11 nitrogen and oxygen atoms in total. The number of hydrogen-bond acceptors (Lipinski definition) is 7. The largest absolute Gasteiger partial charge is 0.480 e. The van der Waals surface area contributed by atoms with Crippen LogP contribution in [-0.2, 0) is 32.0 Å². The van der Waals surface area contributed by atoms with E-state index in [0.717, 1.165) is 5.56 Å². The normalized spacial score (nSPS) is 15.1. The number of carboxylic acid groups (broad SMARTS) is 1. The number of aromatic amines is 1. The van der Waals surface area contributed by atoms with Crippen LogP contribution in [0.1, 0.15) is 31.5 Å². The van der Waals surface area contributed by atoms with Gasteiger partial charge in [-0.15, -0.1) is 0 Å². The number of aliphatic carboxylic acids is 1. The van der Waals surface area contributed by atoms with Crippen LogP contribution in [0.3, 0.4) is 0 Å². The lowest BCUT2D eigenvalue weighted by Gasteiger charge is -2.28. The van der Waals surface area contributed by atoms with E-state index in [-0.39, 0.29) is 24.5 Å². The Kier molecular flexibility index (Phi) is 11.4. The second kappa shape index (κ2) is 14.2. The summed E-state index contributed by atoms with van der Waals surface area (Å²) in [6, 6.07) is 4.93. The van der Waals surface area contributed by atoms with Crippen molar-refractivity contribution in [1.29, 1.82) is 0 Å². The van der Waals surface area contributed by atoms with Gasteiger partial charge >= 0.3 is 5.97 Å². The van der Waals surface area contributed by atoms with Gasteiger partial charge in [-0.25, -0.2) is 9.78 Å². The van der Waals surface area contributed by atoms with Gasteiger partial charge < -0.3 is 31.8 Å². The zero-order valence-corrected chi connectivity index (χ0v) is 21.2. The minimum absolute atomic E-state index is 0.108. The van der Waals surface area contributed by atoms with Crippen LogP contribution in [-0.4, -0.2) is 68.7 Å². The monoisotopic (exact) mass is 518 g/mol. The molecule has 7 N–H and O–H groups in total. The SMILES string of the molecule is CCC(C)C(NC(=O)C(Cc1ccccc1)NC(=O)C(N)Cc1cnc[nH]1)C(=O)NC(CS)C(=O)O. The summed E-state index contributed by atoms with van der Waals surface area (Å²) in [4.78, 5) is 57.2. The molecule has 1 aromatic carbocycles. The van der Waals surface area contributed by atoms with Crippen molar-refractivity contribution in [3.8, 4) is 0 Å². The number of aromatic nitrogens is 2. The number of H-pyrrole nitrogens is 1. The summed E-state index contributed by atoms with van der Waals surface area (Å²) < 4.78 is 0. The quantitative estimate of drug-likeness (QED) is 0.172. The lowest BCUT2D eigenvalue weighted by atomic mass is 9.96. The predicted molar refractivity (Wildman–Crippen MR) is 137 cm³/mol. The highest BCUT2D eigenvalue weighted by Crippen LogP contribution is 2.11. The van der Waals surface area contributed by atoms with Gasteiger partial charge in [0.05, 0.1) is 12.4 Å². The third kappa shape index (κ3) is 8.68. The predicted octanol–water partition coefficient (Wildman–Crippen LogP) is 0.0371. The smallest absolute Gasteiger partial charge is 0.327 e. The molecular weight excluding hydrogens is 484 g/mol. The summed E-state index contributed by atoms with van der Waals surface area (Å²) in [6.45, 7) is 3.62. The Morgan fingerprint density at radius 1 is 1.03 bits per heavy atom. The number of hydrogen-bond donors (Lipinski definition) is 7. The van der Waals surface area contributed by atoms with Crippen LogP contribution in [0.2, 0.25) is 0 Å². The molecule has 1 aromatic heterocycles. The van der Waals surface area contributed by atoms with Gasteiger partial charge in [-0.05, 0) is 11.5 Å². The Morgan fingerprint density at radius 3 is 2.25 bits per heavy atom. The maximum atomic E-state index is 13.4. The number of rotatable bonds is 14. The van der Waals surface area contributed by atoms with E-state index in [1.165, 1.54) is 6.33 Å². The van der Waals surface area contributed by atoms with Crippen molar-refractivity contribution in [3.63, 3.8) is 0 Å². The van der Waals surface area contributed by atoms with Gasteiger partial charge in [-0.3, -0.25) is 14.4 Å². The lowest BCUT2D eigenvalue weighted by Crippen LogP contribution is -2.59. The summed E-state index contributed by atoms with van der Waals surface area (Å²) >= 11 is 3.97. The number of nitrogens with one attached hydrogen (secondary N) is 4. The molecule has 3 amide bonds. The van der Waals surface area contributed by atoms with Crippen LogP contribution >= 0.6 is 12.6 Å². The summed E-state index contributed by atoms with van der Waals surface area (Å²) in [6.07, 6.45) is 3.95. The van der Waals surface area contributed by atoms with E-state index in [1.807, 2.05) is 37.3 Å². The molecule has 0 aliphatic rings. The van der Waals surface area contributed by atoms with E-state index < -0.39 is 47.9 Å². The zero-order chi connectivity index (χ0) is 26.7. The van der Waals surface area contributed by atoms with Crippen LogP contribution in [0, 0.1) is 5.92 Å². The van der Waals surface area contributed by atoms with E-state index in [2.05, 4.69) is 38.5 Å². The van der Waals surface area contributed by atoms with E-state index in [4.69, 9.17) is 5.73 Å². The number of carbonyl (C=O) groups excluding carboxylic acids is 3. The summed E-state index contributed by atoms with van der Waals surface area (Å²) in [7, 11) is 0. The molecule has 0 spiro atoms. The average molecular weight is 519 g/mol. The van der Waals surface area contributed by atoms with E-state index in [0.29, 0.717) is 12.1 Å². The van der Waals surface area contributed by atoms with Gasteiger partial charge in [0.15, 0.2) is 0 Å². The highest BCUT2D eigenvalue weighted by atomic mass is 32.1. The molecular formula is C24H34N6O5S. The number of carbonyl (C=O) groups is 4. The number of imidazole rings is 1. The second-order valence-corrected chi connectivity index (χ2v) is 8.96. The first kappa shape index (κ1) is 28.9. The number of carboxylic acids is 1. The standard InChI is InChI=1S/C24H34N6O5S/c1-3-14(2)20(23(33)29-19(12-36)24(34)35)30-22(32)18(9-15-7-5-4-6-8-15)28-21(31)17(25)10-16-11-26-13-27-16/h4-8,11,13-14,17-20,36H,3,9-10,12,25H2,1-2H3,(H,26,27)(H,28,31)(H,29,33)(H,30,32)(H,34,35). The van der Waals surface area contributed by atoms with Crippen LogP contribution in [0.4, 0.5) is 0 Å². The van der Waals surface area contributed by atoms with Crippen LogP contribution in [0.15, 0.2) is 42.9 Å². The molecule has 2 rings (SSSR count). The first-order valence-electron chi connectivity index (χ1n) is 11.7. The van der Waals surface area contributed by atoms with Gasteiger partial charge in [0.25, 0.3) is 0 Å². The molecule has 0 saturated carbocycles. The van der Waals surface area contributed by atoms with E-state index in [1.54, 1.807) is 13.1 Å². The number of nitrogens with zero attached hydrogens (tertiary/aromatic N) is 1. The Hall–Kier alpha value is -3.38. The molecule has 36 heavy (non-hydrogen) atoms. The van der Waals surface area contributed by atoms with Crippen molar-refractivity contribution in [2.75, 3.05) is 5.75 Å². The number of thiol groups is 1. The maximum Gasteiger partial charge on any atom is 0.327 e. The van der Waals surface area contributed by atoms with E-state index in [9.17, 15) is 24.3 Å². The second-order valence-electron chi connectivity index (χ2n) is 8.59. The third-order valence-corrected chi connectivity index (χ3v) is 6.20. The van der Waals surface area contributed by atoms with Crippen LogP contribution in [0.5, 0.6) is 0 Å².